The van der Waals surface area contributed by atoms with Crippen LogP contribution in [0.15, 0.2) is 23.4 Å². The predicted octanol–water partition coefficient (Wildman–Crippen LogP) is 0.906. The lowest BCUT2D eigenvalue weighted by Gasteiger charge is -2.18. The fourth-order valence-corrected chi connectivity index (χ4v) is 3.05. The highest BCUT2D eigenvalue weighted by Gasteiger charge is 2.23. The number of anilines is 1. The Labute approximate surface area is 114 Å². The number of nitrogens with zero attached hydrogens (tertiary/aromatic N) is 2. The molecule has 6 nitrogen and oxygen atoms in total. The van der Waals surface area contributed by atoms with Crippen LogP contribution in [0.25, 0.3) is 0 Å². The topological polar surface area (TPSA) is 82.5 Å². The molecule has 0 bridgehead atoms. The average Bonchev–Trinajstić information content (AvgIpc) is 2.43. The fourth-order valence-electron chi connectivity index (χ4n) is 1.70. The summed E-state index contributed by atoms with van der Waals surface area (Å²) in [5.74, 6) is 0. The lowest BCUT2D eigenvalue weighted by molar-refractivity contribution is 0.281. The van der Waals surface area contributed by atoms with Gasteiger partial charge in [-0.15, -0.1) is 0 Å². The number of sulfonamides is 1. The number of aliphatic hydroxyl groups is 1. The highest BCUT2D eigenvalue weighted by molar-refractivity contribution is 7.89. The van der Waals surface area contributed by atoms with Gasteiger partial charge in [0.05, 0.1) is 5.69 Å². The molecule has 0 aliphatic rings. The maximum atomic E-state index is 12.4. The minimum Gasteiger partial charge on any atom is -0.396 e. The van der Waals surface area contributed by atoms with Gasteiger partial charge in [-0.25, -0.2) is 12.7 Å². The Balaban J connectivity index is 2.79. The maximum absolute atomic E-state index is 12.4. The van der Waals surface area contributed by atoms with E-state index in [-0.39, 0.29) is 11.5 Å². The molecule has 0 fully saturated rings. The standard InChI is InChI=1S/C12H21N3O3S/c1-13-11-6-7-14-10-12(11)19(17,18)15(2)8-4-3-5-9-16/h6-7,10,16H,3-5,8-9H2,1-2H3,(H,13,14). The van der Waals surface area contributed by atoms with Gasteiger partial charge in [0.25, 0.3) is 0 Å². The Morgan fingerprint density at radius 1 is 1.37 bits per heavy atom. The molecule has 7 heteroatoms. The van der Waals surface area contributed by atoms with Gasteiger partial charge in [0.2, 0.25) is 10.0 Å². The summed E-state index contributed by atoms with van der Waals surface area (Å²) in [4.78, 5) is 4.06. The summed E-state index contributed by atoms with van der Waals surface area (Å²) in [6.45, 7) is 0.573. The molecular formula is C12H21N3O3S. The van der Waals surface area contributed by atoms with Crippen molar-refractivity contribution in [1.29, 1.82) is 0 Å². The van der Waals surface area contributed by atoms with E-state index in [0.29, 0.717) is 18.7 Å². The van der Waals surface area contributed by atoms with Crippen molar-refractivity contribution in [2.75, 3.05) is 32.6 Å². The zero-order valence-electron chi connectivity index (χ0n) is 11.3. The number of aromatic nitrogens is 1. The first-order chi connectivity index (χ1) is 9.04. The average molecular weight is 287 g/mol. The molecule has 0 aliphatic carbocycles. The smallest absolute Gasteiger partial charge is 0.246 e. The lowest BCUT2D eigenvalue weighted by Crippen LogP contribution is -2.28. The monoisotopic (exact) mass is 287 g/mol. The van der Waals surface area contributed by atoms with Crippen molar-refractivity contribution in [3.63, 3.8) is 0 Å². The molecule has 108 valence electrons. The predicted molar refractivity (Wildman–Crippen MR) is 74.5 cm³/mol. The minimum atomic E-state index is -3.52. The molecule has 19 heavy (non-hydrogen) atoms. The highest BCUT2D eigenvalue weighted by atomic mass is 32.2. The second-order valence-electron chi connectivity index (χ2n) is 4.23. The zero-order valence-corrected chi connectivity index (χ0v) is 12.2. The number of aliphatic hydroxyl groups excluding tert-OH is 1. The van der Waals surface area contributed by atoms with Crippen LogP contribution >= 0.6 is 0 Å². The summed E-state index contributed by atoms with van der Waals surface area (Å²) < 4.78 is 26.1. The highest BCUT2D eigenvalue weighted by Crippen LogP contribution is 2.22. The Hall–Kier alpha value is -1.18. The zero-order chi connectivity index (χ0) is 14.3. The molecule has 0 amide bonds. The van der Waals surface area contributed by atoms with Crippen molar-refractivity contribution in [3.8, 4) is 0 Å². The van der Waals surface area contributed by atoms with Crippen LogP contribution in [0.1, 0.15) is 19.3 Å². The molecule has 0 atom stereocenters. The van der Waals surface area contributed by atoms with Gasteiger partial charge in [-0.3, -0.25) is 4.98 Å². The molecule has 1 aromatic rings. The fraction of sp³-hybridized carbons (Fsp3) is 0.583. The van der Waals surface area contributed by atoms with E-state index in [1.54, 1.807) is 26.4 Å². The number of nitrogens with one attached hydrogen (secondary N) is 1. The second-order valence-corrected chi connectivity index (χ2v) is 6.25. The first kappa shape index (κ1) is 15.9. The Bertz CT molecular complexity index is 491. The molecule has 2 N–H and O–H groups in total. The number of rotatable bonds is 8. The Morgan fingerprint density at radius 3 is 2.74 bits per heavy atom. The Morgan fingerprint density at radius 2 is 2.11 bits per heavy atom. The molecule has 1 rings (SSSR count). The van der Waals surface area contributed by atoms with Crippen molar-refractivity contribution in [2.24, 2.45) is 0 Å². The molecule has 0 aliphatic heterocycles. The normalized spacial score (nSPS) is 11.8. The second kappa shape index (κ2) is 7.42. The van der Waals surface area contributed by atoms with Crippen molar-refractivity contribution in [2.45, 2.75) is 24.2 Å². The van der Waals surface area contributed by atoms with Crippen LogP contribution in [0, 0.1) is 0 Å². The summed E-state index contributed by atoms with van der Waals surface area (Å²) >= 11 is 0. The van der Waals surface area contributed by atoms with Gasteiger partial charge >= 0.3 is 0 Å². The van der Waals surface area contributed by atoms with Crippen LogP contribution in [-0.2, 0) is 10.0 Å². The molecule has 0 saturated carbocycles. The van der Waals surface area contributed by atoms with E-state index >= 15 is 0 Å². The van der Waals surface area contributed by atoms with Crippen LogP contribution in [0.2, 0.25) is 0 Å². The van der Waals surface area contributed by atoms with Gasteiger partial charge in [0.1, 0.15) is 4.90 Å². The van der Waals surface area contributed by atoms with E-state index in [9.17, 15) is 8.42 Å². The third kappa shape index (κ3) is 4.15. The van der Waals surface area contributed by atoms with Crippen LogP contribution < -0.4 is 5.32 Å². The molecule has 0 aromatic carbocycles. The summed E-state index contributed by atoms with van der Waals surface area (Å²) in [6.07, 6.45) is 5.13. The van der Waals surface area contributed by atoms with Crippen LogP contribution in [-0.4, -0.2) is 50.1 Å². The van der Waals surface area contributed by atoms with E-state index in [0.717, 1.165) is 12.8 Å². The van der Waals surface area contributed by atoms with Gasteiger partial charge in [-0.1, -0.05) is 0 Å². The van der Waals surface area contributed by atoms with Gasteiger partial charge in [0.15, 0.2) is 0 Å². The summed E-state index contributed by atoms with van der Waals surface area (Å²) in [7, 11) is -0.291. The number of unbranched alkanes of at least 4 members (excludes halogenated alkanes) is 2. The molecule has 0 unspecified atom stereocenters. The molecular weight excluding hydrogens is 266 g/mol. The van der Waals surface area contributed by atoms with Crippen molar-refractivity contribution < 1.29 is 13.5 Å². The Kier molecular flexibility index (Phi) is 6.20. The van der Waals surface area contributed by atoms with E-state index in [1.165, 1.54) is 10.5 Å². The SMILES string of the molecule is CNc1ccncc1S(=O)(=O)N(C)CCCCCO. The number of hydrogen-bond donors (Lipinski definition) is 2. The van der Waals surface area contributed by atoms with E-state index in [4.69, 9.17) is 5.11 Å². The lowest BCUT2D eigenvalue weighted by atomic mass is 10.2. The largest absolute Gasteiger partial charge is 0.396 e. The molecule has 1 aromatic heterocycles. The van der Waals surface area contributed by atoms with E-state index < -0.39 is 10.0 Å². The van der Waals surface area contributed by atoms with Crippen molar-refractivity contribution >= 4 is 15.7 Å². The first-order valence-electron chi connectivity index (χ1n) is 6.23. The third-order valence-corrected chi connectivity index (χ3v) is 4.76. The van der Waals surface area contributed by atoms with Crippen LogP contribution in [0.4, 0.5) is 5.69 Å². The summed E-state index contributed by atoms with van der Waals surface area (Å²) in [5.41, 5.74) is 0.539. The van der Waals surface area contributed by atoms with E-state index in [2.05, 4.69) is 10.3 Å². The third-order valence-electron chi connectivity index (χ3n) is 2.87. The molecule has 0 spiro atoms. The van der Waals surface area contributed by atoms with E-state index in [1.807, 2.05) is 0 Å². The number of hydrogen-bond acceptors (Lipinski definition) is 5. The maximum Gasteiger partial charge on any atom is 0.246 e. The molecule has 0 saturated heterocycles. The summed E-state index contributed by atoms with van der Waals surface area (Å²) in [6, 6.07) is 1.63. The number of pyridine rings is 1. The first-order valence-corrected chi connectivity index (χ1v) is 7.67. The quantitative estimate of drug-likeness (QED) is 0.694. The summed E-state index contributed by atoms with van der Waals surface area (Å²) in [5, 5.41) is 11.5. The van der Waals surface area contributed by atoms with Crippen LogP contribution in [0.5, 0.6) is 0 Å². The minimum absolute atomic E-state index is 0.142. The van der Waals surface area contributed by atoms with Gasteiger partial charge in [-0.2, -0.15) is 0 Å². The van der Waals surface area contributed by atoms with Crippen molar-refractivity contribution in [3.05, 3.63) is 18.5 Å². The molecule has 0 radical (unpaired) electrons. The van der Waals surface area contributed by atoms with Gasteiger partial charge < -0.3 is 10.4 Å². The van der Waals surface area contributed by atoms with Gasteiger partial charge in [-0.05, 0) is 25.3 Å². The van der Waals surface area contributed by atoms with Gasteiger partial charge in [0, 0.05) is 39.6 Å². The van der Waals surface area contributed by atoms with Crippen molar-refractivity contribution in [1.82, 2.24) is 9.29 Å². The molecule has 1 heterocycles. The van der Waals surface area contributed by atoms with Crippen LogP contribution in [0.3, 0.4) is 0 Å².